The molecule has 4 N–H and O–H groups in total. The van der Waals surface area contributed by atoms with Crippen LogP contribution >= 0.6 is 7.82 Å². The first kappa shape index (κ1) is 30.9. The first-order valence-electron chi connectivity index (χ1n) is 11.2. The smallest absolute Gasteiger partial charge is 0.493 e. The zero-order chi connectivity index (χ0) is 27.9. The highest BCUT2D eigenvalue weighted by Crippen LogP contribution is 2.39. The van der Waals surface area contributed by atoms with E-state index in [2.05, 4.69) is 9.26 Å². The van der Waals surface area contributed by atoms with E-state index in [-0.39, 0.29) is 38.7 Å². The van der Waals surface area contributed by atoms with Crippen molar-refractivity contribution in [3.8, 4) is 11.5 Å². The maximum Gasteiger partial charge on any atom is 0.573 e. The second-order valence-electron chi connectivity index (χ2n) is 8.46. The van der Waals surface area contributed by atoms with Gasteiger partial charge in [-0.1, -0.05) is 25.1 Å². The van der Waals surface area contributed by atoms with Crippen LogP contribution in [0.25, 0.3) is 0 Å². The van der Waals surface area contributed by atoms with Crippen LogP contribution in [0.1, 0.15) is 42.9 Å². The molecule has 1 atom stereocenters. The van der Waals surface area contributed by atoms with E-state index in [1.165, 1.54) is 24.3 Å². The number of phosphoric ester groups is 1. The average molecular weight is 559 g/mol. The second-order valence-corrected chi connectivity index (χ2v) is 9.69. The monoisotopic (exact) mass is 559 g/mol. The van der Waals surface area contributed by atoms with Gasteiger partial charge in [-0.05, 0) is 67.5 Å². The lowest BCUT2D eigenvalue weighted by molar-refractivity contribution is -0.274. The molecule has 208 valence electrons. The maximum absolute atomic E-state index is 13.7. The quantitative estimate of drug-likeness (QED) is 0.162. The molecule has 2 rings (SSSR count). The Hall–Kier alpha value is -2.31. The van der Waals surface area contributed by atoms with Crippen LogP contribution in [0.4, 0.5) is 26.3 Å². The van der Waals surface area contributed by atoms with Gasteiger partial charge in [-0.25, -0.2) is 4.57 Å². The molecular formula is C23H28F6NO6P. The first-order valence-corrected chi connectivity index (χ1v) is 12.7. The third-order valence-corrected chi connectivity index (χ3v) is 5.95. The largest absolute Gasteiger partial charge is 0.573 e. The molecule has 37 heavy (non-hydrogen) atoms. The van der Waals surface area contributed by atoms with Crippen molar-refractivity contribution in [2.75, 3.05) is 13.2 Å². The summed E-state index contributed by atoms with van der Waals surface area (Å²) in [6.07, 6.45) is -8.59. The van der Waals surface area contributed by atoms with E-state index in [0.717, 1.165) is 12.1 Å². The maximum atomic E-state index is 13.7. The molecule has 0 radical (unpaired) electrons. The summed E-state index contributed by atoms with van der Waals surface area (Å²) in [4.78, 5) is 17.7. The van der Waals surface area contributed by atoms with Crippen molar-refractivity contribution in [1.29, 1.82) is 0 Å². The molecule has 0 fully saturated rings. The number of ether oxygens (including phenoxy) is 2. The van der Waals surface area contributed by atoms with E-state index < -0.39 is 49.6 Å². The lowest BCUT2D eigenvalue weighted by atomic mass is 9.90. The standard InChI is InChI=1S/C23H28F6NO6P/c1-2-21(30,15-35-37(31,32)33)11-10-17-8-9-20(19(14-17)22(24,25)26)34-12-4-6-16-5-3-7-18(13-16)36-23(27,28)29/h3,5,7-9,13-14H,2,4,6,10-12,15,30H2,1H3,(H2,31,32,33)/t21-/m1/s1. The predicted molar refractivity (Wildman–Crippen MR) is 122 cm³/mol. The van der Waals surface area contributed by atoms with Crippen molar-refractivity contribution in [3.63, 3.8) is 0 Å². The molecule has 0 bridgehead atoms. The average Bonchev–Trinajstić information content (AvgIpc) is 2.77. The van der Waals surface area contributed by atoms with Gasteiger partial charge in [0.25, 0.3) is 0 Å². The van der Waals surface area contributed by atoms with Crippen LogP contribution in [0.5, 0.6) is 11.5 Å². The van der Waals surface area contributed by atoms with Gasteiger partial charge in [0.2, 0.25) is 0 Å². The number of nitrogens with two attached hydrogens (primary N) is 1. The van der Waals surface area contributed by atoms with E-state index in [0.29, 0.717) is 11.1 Å². The third kappa shape index (κ3) is 11.3. The van der Waals surface area contributed by atoms with Crippen LogP contribution < -0.4 is 15.2 Å². The molecule has 14 heteroatoms. The Bertz CT molecular complexity index is 1070. The van der Waals surface area contributed by atoms with Gasteiger partial charge < -0.3 is 25.0 Å². The lowest BCUT2D eigenvalue weighted by Crippen LogP contribution is -2.44. The molecule has 0 aliphatic rings. The van der Waals surface area contributed by atoms with Gasteiger partial charge in [0.05, 0.1) is 18.8 Å². The summed E-state index contributed by atoms with van der Waals surface area (Å²) in [5.41, 5.74) is 4.73. The molecule has 0 aliphatic heterocycles. The number of aryl methyl sites for hydroxylation is 2. The van der Waals surface area contributed by atoms with Gasteiger partial charge in [0, 0.05) is 5.54 Å². The molecule has 0 unspecified atom stereocenters. The van der Waals surface area contributed by atoms with Crippen molar-refractivity contribution >= 4 is 7.82 Å². The Morgan fingerprint density at radius 3 is 2.24 bits per heavy atom. The van der Waals surface area contributed by atoms with E-state index in [1.54, 1.807) is 13.0 Å². The second kappa shape index (κ2) is 12.5. The SMILES string of the molecule is CC[C@@](N)(CCc1ccc(OCCCc2cccc(OC(F)(F)F)c2)c(C(F)(F)F)c1)COP(=O)(O)O. The molecule has 2 aromatic carbocycles. The fraction of sp³-hybridized carbons (Fsp3) is 0.478. The normalized spacial score (nSPS) is 14.3. The lowest BCUT2D eigenvalue weighted by Gasteiger charge is -2.28. The first-order chi connectivity index (χ1) is 17.0. The van der Waals surface area contributed by atoms with Crippen LogP contribution in [-0.2, 0) is 28.1 Å². The van der Waals surface area contributed by atoms with E-state index in [1.807, 2.05) is 0 Å². The topological polar surface area (TPSA) is 111 Å². The summed E-state index contributed by atoms with van der Waals surface area (Å²) in [7, 11) is -4.75. The number of hydrogen-bond donors (Lipinski definition) is 3. The van der Waals surface area contributed by atoms with E-state index in [4.69, 9.17) is 20.3 Å². The zero-order valence-corrected chi connectivity index (χ0v) is 20.7. The highest BCUT2D eigenvalue weighted by atomic mass is 31.2. The van der Waals surface area contributed by atoms with Crippen molar-refractivity contribution < 1.29 is 54.7 Å². The predicted octanol–water partition coefficient (Wildman–Crippen LogP) is 5.77. The minimum Gasteiger partial charge on any atom is -0.493 e. The van der Waals surface area contributed by atoms with Crippen molar-refractivity contribution in [2.45, 2.75) is 57.1 Å². The molecule has 0 aliphatic carbocycles. The number of alkyl halides is 6. The van der Waals surface area contributed by atoms with Crippen molar-refractivity contribution in [1.82, 2.24) is 0 Å². The number of hydrogen-bond acceptors (Lipinski definition) is 5. The van der Waals surface area contributed by atoms with E-state index >= 15 is 0 Å². The number of phosphoric acid groups is 1. The molecule has 7 nitrogen and oxygen atoms in total. The highest BCUT2D eigenvalue weighted by Gasteiger charge is 2.35. The van der Waals surface area contributed by atoms with Crippen LogP contribution in [0, 0.1) is 0 Å². The van der Waals surface area contributed by atoms with Crippen LogP contribution in [0.3, 0.4) is 0 Å². The fourth-order valence-electron chi connectivity index (χ4n) is 3.39. The van der Waals surface area contributed by atoms with E-state index in [9.17, 15) is 30.9 Å². The molecule has 2 aromatic rings. The fourth-order valence-corrected chi connectivity index (χ4v) is 3.82. The Labute approximate surface area is 209 Å². The minimum atomic E-state index is -4.83. The van der Waals surface area contributed by atoms with Crippen LogP contribution in [0.15, 0.2) is 42.5 Å². The van der Waals surface area contributed by atoms with Crippen LogP contribution in [0.2, 0.25) is 0 Å². The minimum absolute atomic E-state index is 0.0918. The number of benzene rings is 2. The van der Waals surface area contributed by atoms with Gasteiger partial charge in [-0.15, -0.1) is 13.2 Å². The van der Waals surface area contributed by atoms with Crippen molar-refractivity contribution in [3.05, 3.63) is 59.2 Å². The number of halogens is 6. The summed E-state index contributed by atoms with van der Waals surface area (Å²) in [5.74, 6) is -0.788. The summed E-state index contributed by atoms with van der Waals surface area (Å²) < 4.78 is 103. The highest BCUT2D eigenvalue weighted by molar-refractivity contribution is 7.46. The van der Waals surface area contributed by atoms with Gasteiger partial charge in [-0.3, -0.25) is 4.52 Å². The molecular weight excluding hydrogens is 531 g/mol. The Morgan fingerprint density at radius 2 is 1.65 bits per heavy atom. The zero-order valence-electron chi connectivity index (χ0n) is 19.8. The van der Waals surface area contributed by atoms with Gasteiger partial charge in [0.15, 0.2) is 0 Å². The third-order valence-electron chi connectivity index (χ3n) is 5.48. The molecule has 0 aromatic heterocycles. The molecule has 0 heterocycles. The summed E-state index contributed by atoms with van der Waals surface area (Å²) in [6, 6.07) is 8.82. The van der Waals surface area contributed by atoms with Crippen molar-refractivity contribution in [2.24, 2.45) is 5.73 Å². The molecule has 0 amide bonds. The summed E-state index contributed by atoms with van der Waals surface area (Å²) >= 11 is 0. The van der Waals surface area contributed by atoms with Gasteiger partial charge in [-0.2, -0.15) is 13.2 Å². The Balaban J connectivity index is 2.00. The van der Waals surface area contributed by atoms with Gasteiger partial charge >= 0.3 is 20.4 Å². The molecule has 0 saturated carbocycles. The summed E-state index contributed by atoms with van der Waals surface area (Å²) in [5, 5.41) is 0. The number of rotatable bonds is 13. The Kier molecular flexibility index (Phi) is 10.4. The van der Waals surface area contributed by atoms with Gasteiger partial charge in [0.1, 0.15) is 11.5 Å². The molecule has 0 spiro atoms. The molecule has 0 saturated heterocycles. The van der Waals surface area contributed by atoms with Crippen LogP contribution in [-0.4, -0.2) is 34.9 Å². The summed E-state index contributed by atoms with van der Waals surface area (Å²) in [6.45, 7) is 1.08. The Morgan fingerprint density at radius 1 is 0.973 bits per heavy atom.